The molecule has 0 spiro atoms. The van der Waals surface area contributed by atoms with Crippen LogP contribution in [0.5, 0.6) is 5.75 Å². The third-order valence-electron chi connectivity index (χ3n) is 8.37. The number of nitro groups is 1. The second kappa shape index (κ2) is 33.6. The Morgan fingerprint density at radius 3 is 1.54 bits per heavy atom. The first kappa shape index (κ1) is 56.3. The summed E-state index contributed by atoms with van der Waals surface area (Å²) >= 11 is 0. The zero-order chi connectivity index (χ0) is 47.8. The zero-order valence-corrected chi connectivity index (χ0v) is 37.6. The molecule has 1 aromatic rings. The molecule has 1 aliphatic rings. The van der Waals surface area contributed by atoms with Crippen LogP contribution in [0.25, 0.3) is 0 Å². The van der Waals surface area contributed by atoms with Gasteiger partial charge in [0.25, 0.3) is 0 Å². The number of amides is 1. The molecule has 0 aliphatic carbocycles. The van der Waals surface area contributed by atoms with Crippen molar-refractivity contribution in [3.63, 3.8) is 0 Å². The Bertz CT molecular complexity index is 1570. The van der Waals surface area contributed by atoms with E-state index in [1.54, 1.807) is 7.11 Å². The van der Waals surface area contributed by atoms with Crippen molar-refractivity contribution >= 4 is 35.7 Å². The van der Waals surface area contributed by atoms with Gasteiger partial charge in [-0.15, -0.1) is 0 Å². The maximum atomic E-state index is 12.9. The highest BCUT2D eigenvalue weighted by Gasteiger charge is 2.56. The van der Waals surface area contributed by atoms with Crippen LogP contribution in [0, 0.1) is 10.1 Å². The third kappa shape index (κ3) is 23.3. The standard InChI is InChI=1S/C40H62N2O23/c1-28(43)61-34-35(62-29(2)44)37(63-30(3)45)39(65-36(34)38(46)52-6)64-33-8-7-31(25-32(33)42(48)49)26-60-40(47)41(27-51-5)9-10-53-13-14-55-17-18-57-21-22-59-24-23-58-20-19-56-16-15-54-12-11-50-4/h7-8,25,34-37,39H,9-24,26-27H2,1-6H3/t34-,35-,36-,37+,39+/m0/s1. The normalized spacial score (nSPS) is 18.0. The summed E-state index contributed by atoms with van der Waals surface area (Å²) in [7, 11) is 4.00. The molecule has 1 fully saturated rings. The van der Waals surface area contributed by atoms with Crippen LogP contribution in [0.15, 0.2) is 18.2 Å². The molecular weight excluding hydrogens is 876 g/mol. The molecule has 25 nitrogen and oxygen atoms in total. The number of benzene rings is 1. The minimum absolute atomic E-state index is 0.0801. The van der Waals surface area contributed by atoms with Crippen molar-refractivity contribution in [3.05, 3.63) is 33.9 Å². The van der Waals surface area contributed by atoms with E-state index in [9.17, 15) is 34.1 Å². The van der Waals surface area contributed by atoms with Crippen molar-refractivity contribution in [1.82, 2.24) is 4.90 Å². The highest BCUT2D eigenvalue weighted by Crippen LogP contribution is 2.35. The number of nitro benzene ring substituents is 1. The third-order valence-corrected chi connectivity index (χ3v) is 8.37. The van der Waals surface area contributed by atoms with Gasteiger partial charge in [-0.1, -0.05) is 6.07 Å². The average molecular weight is 939 g/mol. The molecule has 0 unspecified atom stereocenters. The summed E-state index contributed by atoms with van der Waals surface area (Å²) in [6.07, 6.45) is -9.52. The number of carbonyl (C=O) groups excluding carboxylic acids is 5. The molecule has 1 amide bonds. The molecule has 0 N–H and O–H groups in total. The maximum Gasteiger partial charge on any atom is 0.412 e. The Kier molecular flexibility index (Phi) is 29.1. The highest BCUT2D eigenvalue weighted by atomic mass is 16.7. The number of hydrogen-bond donors (Lipinski definition) is 0. The lowest BCUT2D eigenvalue weighted by molar-refractivity contribution is -0.387. The molecule has 65 heavy (non-hydrogen) atoms. The molecule has 25 heteroatoms. The quantitative estimate of drug-likeness (QED) is 0.0229. The number of esters is 4. The van der Waals surface area contributed by atoms with Gasteiger partial charge in [-0.3, -0.25) is 29.4 Å². The molecule has 1 aromatic carbocycles. The number of hydrogen-bond acceptors (Lipinski definition) is 23. The van der Waals surface area contributed by atoms with E-state index in [1.165, 1.54) is 18.1 Å². The average Bonchev–Trinajstić information content (AvgIpc) is 3.26. The van der Waals surface area contributed by atoms with Gasteiger partial charge in [-0.2, -0.15) is 0 Å². The highest BCUT2D eigenvalue weighted by molar-refractivity contribution is 5.77. The van der Waals surface area contributed by atoms with Crippen molar-refractivity contribution in [1.29, 1.82) is 0 Å². The van der Waals surface area contributed by atoms with Crippen LogP contribution in [0.4, 0.5) is 10.5 Å². The van der Waals surface area contributed by atoms with Crippen LogP contribution in [-0.4, -0.2) is 204 Å². The van der Waals surface area contributed by atoms with Crippen molar-refractivity contribution in [2.75, 3.05) is 134 Å². The van der Waals surface area contributed by atoms with Crippen LogP contribution in [-0.2, 0) is 96.8 Å². The number of nitrogens with zero attached hydrogens (tertiary/aromatic N) is 2. The Labute approximate surface area is 376 Å². The lowest BCUT2D eigenvalue weighted by atomic mass is 9.97. The monoisotopic (exact) mass is 938 g/mol. The molecule has 1 aliphatic heterocycles. The van der Waals surface area contributed by atoms with Gasteiger partial charge in [-0.25, -0.2) is 9.59 Å². The largest absolute Gasteiger partial charge is 0.467 e. The van der Waals surface area contributed by atoms with Crippen LogP contribution in [0.1, 0.15) is 26.3 Å². The fraction of sp³-hybridized carbons (Fsp3) is 0.725. The molecule has 2 rings (SSSR count). The number of ether oxygens (including phenoxy) is 16. The SMILES string of the molecule is COCCOCCOCCOCCOCCOCCOCCOCCN(COC)C(=O)OCc1ccc(O[C@@H]2O[C@H](C(=O)OC)[C@@H](OC(C)=O)[C@H](OC(C)=O)[C@H]2OC(C)=O)c([N+](=O)[O-])c1. The van der Waals surface area contributed by atoms with Crippen molar-refractivity contribution in [2.45, 2.75) is 58.1 Å². The van der Waals surface area contributed by atoms with E-state index in [0.29, 0.717) is 79.3 Å². The predicted octanol–water partition coefficient (Wildman–Crippen LogP) is 0.972. The molecular formula is C40H62N2O23. The summed E-state index contributed by atoms with van der Waals surface area (Å²) in [4.78, 5) is 74.5. The van der Waals surface area contributed by atoms with Gasteiger partial charge >= 0.3 is 35.7 Å². The summed E-state index contributed by atoms with van der Waals surface area (Å²) in [5, 5.41) is 12.2. The number of rotatable bonds is 35. The van der Waals surface area contributed by atoms with E-state index < -0.39 is 83.6 Å². The van der Waals surface area contributed by atoms with E-state index >= 15 is 0 Å². The molecule has 370 valence electrons. The summed E-state index contributed by atoms with van der Waals surface area (Å²) in [5.41, 5.74) is -0.484. The minimum atomic E-state index is -1.85. The van der Waals surface area contributed by atoms with Crippen LogP contribution in [0.2, 0.25) is 0 Å². The smallest absolute Gasteiger partial charge is 0.412 e. The molecule has 1 heterocycles. The lowest BCUT2D eigenvalue weighted by Crippen LogP contribution is -2.64. The molecule has 0 aromatic heterocycles. The van der Waals surface area contributed by atoms with E-state index in [4.69, 9.17) is 75.8 Å². The van der Waals surface area contributed by atoms with Crippen LogP contribution < -0.4 is 4.74 Å². The van der Waals surface area contributed by atoms with Gasteiger partial charge in [0.1, 0.15) is 13.3 Å². The first-order chi connectivity index (χ1) is 31.3. The maximum absolute atomic E-state index is 12.9. The Balaban J connectivity index is 1.79. The van der Waals surface area contributed by atoms with Crippen molar-refractivity contribution in [3.8, 4) is 5.75 Å². The summed E-state index contributed by atoms with van der Waals surface area (Å²) in [5.74, 6) is -4.31. The van der Waals surface area contributed by atoms with Gasteiger partial charge in [0, 0.05) is 47.6 Å². The van der Waals surface area contributed by atoms with Crippen LogP contribution >= 0.6 is 0 Å². The topological polar surface area (TPSA) is 279 Å². The molecule has 0 saturated carbocycles. The van der Waals surface area contributed by atoms with E-state index in [1.807, 2.05) is 0 Å². The second-order valence-corrected chi connectivity index (χ2v) is 13.4. The minimum Gasteiger partial charge on any atom is -0.467 e. The fourth-order valence-corrected chi connectivity index (χ4v) is 5.53. The first-order valence-electron chi connectivity index (χ1n) is 20.5. The summed E-state index contributed by atoms with van der Waals surface area (Å²) in [6, 6.07) is 3.54. The number of methoxy groups -OCH3 is 3. The van der Waals surface area contributed by atoms with Crippen LogP contribution in [0.3, 0.4) is 0 Å². The second-order valence-electron chi connectivity index (χ2n) is 13.4. The molecule has 0 radical (unpaired) electrons. The lowest BCUT2D eigenvalue weighted by Gasteiger charge is -2.42. The van der Waals surface area contributed by atoms with Gasteiger partial charge in [0.2, 0.25) is 12.4 Å². The zero-order valence-electron chi connectivity index (χ0n) is 37.6. The Morgan fingerprint density at radius 1 is 0.631 bits per heavy atom. The van der Waals surface area contributed by atoms with Gasteiger partial charge in [0.05, 0.1) is 111 Å². The Morgan fingerprint density at radius 2 is 1.09 bits per heavy atom. The van der Waals surface area contributed by atoms with Crippen molar-refractivity contribution in [2.24, 2.45) is 0 Å². The molecule has 0 bridgehead atoms. The van der Waals surface area contributed by atoms with Gasteiger partial charge in [0.15, 0.2) is 24.1 Å². The van der Waals surface area contributed by atoms with Gasteiger partial charge in [-0.05, 0) is 11.6 Å². The molecule has 5 atom stereocenters. The van der Waals surface area contributed by atoms with Gasteiger partial charge < -0.3 is 75.8 Å². The Hall–Kier alpha value is -4.83. The molecule has 1 saturated heterocycles. The van der Waals surface area contributed by atoms with E-state index in [2.05, 4.69) is 0 Å². The van der Waals surface area contributed by atoms with Crippen molar-refractivity contribution < 1.29 is 105 Å². The summed E-state index contributed by atoms with van der Waals surface area (Å²) < 4.78 is 85.6. The summed E-state index contributed by atoms with van der Waals surface area (Å²) in [6.45, 7) is 8.56. The number of carbonyl (C=O) groups is 5. The first-order valence-corrected chi connectivity index (χ1v) is 20.5. The predicted molar refractivity (Wildman–Crippen MR) is 217 cm³/mol. The fourth-order valence-electron chi connectivity index (χ4n) is 5.53. The van der Waals surface area contributed by atoms with E-state index in [-0.39, 0.29) is 38.7 Å². The van der Waals surface area contributed by atoms with E-state index in [0.717, 1.165) is 40.0 Å².